The Morgan fingerprint density at radius 3 is 2.39 bits per heavy atom. The van der Waals surface area contributed by atoms with Crippen LogP contribution in [0.5, 0.6) is 0 Å². The first-order chi connectivity index (χ1) is 16.9. The number of hydrogen-bond acceptors (Lipinski definition) is 4. The van der Waals surface area contributed by atoms with E-state index in [2.05, 4.69) is 17.2 Å². The fourth-order valence-corrected chi connectivity index (χ4v) is 4.64. The number of benzene rings is 1. The molecule has 0 aliphatic heterocycles. The Labute approximate surface area is 217 Å². The summed E-state index contributed by atoms with van der Waals surface area (Å²) in [4.78, 5) is 41.9. The van der Waals surface area contributed by atoms with Gasteiger partial charge in [0.1, 0.15) is 17.7 Å². The molecule has 7 nitrogen and oxygen atoms in total. The number of hydrogen-bond donors (Lipinski definition) is 2. The molecule has 1 aliphatic carbocycles. The van der Waals surface area contributed by atoms with E-state index in [1.54, 1.807) is 26.8 Å². The number of nitrogens with zero attached hydrogens (tertiary/aromatic N) is 1. The molecule has 3 amide bonds. The SMILES string of the molecule is C=CCN(C(=O)C(CC(C)C)NC(=O)OC(C)(C)C)C(C(=O)NC1CCCCC1)c1cccc(C)c1. The minimum Gasteiger partial charge on any atom is -0.444 e. The van der Waals surface area contributed by atoms with Gasteiger partial charge in [0.25, 0.3) is 0 Å². The molecular formula is C29H45N3O4. The summed E-state index contributed by atoms with van der Waals surface area (Å²) in [6, 6.07) is 6.10. The number of carbonyl (C=O) groups is 3. The van der Waals surface area contributed by atoms with Crippen LogP contribution in [-0.2, 0) is 14.3 Å². The summed E-state index contributed by atoms with van der Waals surface area (Å²) < 4.78 is 5.43. The topological polar surface area (TPSA) is 87.7 Å². The largest absolute Gasteiger partial charge is 0.444 e. The van der Waals surface area contributed by atoms with Crippen LogP contribution in [0.25, 0.3) is 0 Å². The van der Waals surface area contributed by atoms with Crippen molar-refractivity contribution in [2.24, 2.45) is 5.92 Å². The fraction of sp³-hybridized carbons (Fsp3) is 0.621. The summed E-state index contributed by atoms with van der Waals surface area (Å²) in [7, 11) is 0. The predicted molar refractivity (Wildman–Crippen MR) is 143 cm³/mol. The lowest BCUT2D eigenvalue weighted by Crippen LogP contribution is -2.54. The first-order valence-corrected chi connectivity index (χ1v) is 13.2. The van der Waals surface area contributed by atoms with Gasteiger partial charge in [0.15, 0.2) is 0 Å². The van der Waals surface area contributed by atoms with E-state index in [0.29, 0.717) is 6.42 Å². The summed E-state index contributed by atoms with van der Waals surface area (Å²) in [5.41, 5.74) is 1.04. The Bertz CT molecular complexity index is 900. The van der Waals surface area contributed by atoms with Gasteiger partial charge < -0.3 is 20.3 Å². The van der Waals surface area contributed by atoms with Crippen LogP contribution in [0.2, 0.25) is 0 Å². The van der Waals surface area contributed by atoms with E-state index in [1.165, 1.54) is 11.3 Å². The number of rotatable bonds is 10. The second-order valence-corrected chi connectivity index (χ2v) is 11.3. The minimum atomic E-state index is -0.840. The molecule has 36 heavy (non-hydrogen) atoms. The molecule has 7 heteroatoms. The Morgan fingerprint density at radius 2 is 1.83 bits per heavy atom. The van der Waals surface area contributed by atoms with E-state index in [9.17, 15) is 14.4 Å². The van der Waals surface area contributed by atoms with Crippen molar-refractivity contribution >= 4 is 17.9 Å². The van der Waals surface area contributed by atoms with Gasteiger partial charge in [-0.15, -0.1) is 6.58 Å². The average Bonchev–Trinajstić information content (AvgIpc) is 2.77. The van der Waals surface area contributed by atoms with Gasteiger partial charge >= 0.3 is 6.09 Å². The van der Waals surface area contributed by atoms with Gasteiger partial charge in [-0.2, -0.15) is 0 Å². The highest BCUT2D eigenvalue weighted by atomic mass is 16.6. The molecule has 2 unspecified atom stereocenters. The van der Waals surface area contributed by atoms with E-state index in [-0.39, 0.29) is 30.3 Å². The van der Waals surface area contributed by atoms with E-state index in [0.717, 1.165) is 36.8 Å². The monoisotopic (exact) mass is 499 g/mol. The molecule has 1 fully saturated rings. The smallest absolute Gasteiger partial charge is 0.408 e. The van der Waals surface area contributed by atoms with Gasteiger partial charge in [-0.1, -0.05) is 69.0 Å². The van der Waals surface area contributed by atoms with Crippen molar-refractivity contribution in [3.8, 4) is 0 Å². The Kier molecular flexibility index (Phi) is 11.0. The van der Waals surface area contributed by atoms with Crippen molar-refractivity contribution in [3.63, 3.8) is 0 Å². The van der Waals surface area contributed by atoms with Crippen LogP contribution in [0.15, 0.2) is 36.9 Å². The Morgan fingerprint density at radius 1 is 1.17 bits per heavy atom. The van der Waals surface area contributed by atoms with Gasteiger partial charge in [-0.05, 0) is 58.4 Å². The van der Waals surface area contributed by atoms with Crippen LogP contribution >= 0.6 is 0 Å². The molecule has 0 bridgehead atoms. The summed E-state index contributed by atoms with van der Waals surface area (Å²) in [6.45, 7) is 15.3. The second-order valence-electron chi connectivity index (χ2n) is 11.3. The van der Waals surface area contributed by atoms with E-state index in [4.69, 9.17) is 4.74 Å². The van der Waals surface area contributed by atoms with Crippen LogP contribution in [0.4, 0.5) is 4.79 Å². The van der Waals surface area contributed by atoms with Crippen molar-refractivity contribution < 1.29 is 19.1 Å². The van der Waals surface area contributed by atoms with E-state index < -0.39 is 23.8 Å². The first kappa shape index (κ1) is 29.4. The highest BCUT2D eigenvalue weighted by Crippen LogP contribution is 2.26. The maximum Gasteiger partial charge on any atom is 0.408 e. The molecule has 0 spiro atoms. The average molecular weight is 500 g/mol. The number of ether oxygens (including phenoxy) is 1. The molecule has 1 aromatic carbocycles. The highest BCUT2D eigenvalue weighted by molar-refractivity contribution is 5.92. The van der Waals surface area contributed by atoms with Gasteiger partial charge in [0.2, 0.25) is 11.8 Å². The maximum atomic E-state index is 14.0. The second kappa shape index (κ2) is 13.5. The van der Waals surface area contributed by atoms with Gasteiger partial charge in [-0.25, -0.2) is 4.79 Å². The summed E-state index contributed by atoms with van der Waals surface area (Å²) in [5, 5.41) is 5.97. The normalized spacial score (nSPS) is 16.1. The molecular weight excluding hydrogens is 454 g/mol. The van der Waals surface area contributed by atoms with Crippen LogP contribution < -0.4 is 10.6 Å². The van der Waals surface area contributed by atoms with Gasteiger partial charge in [0, 0.05) is 12.6 Å². The lowest BCUT2D eigenvalue weighted by atomic mass is 9.94. The molecule has 0 aromatic heterocycles. The molecule has 0 radical (unpaired) electrons. The number of alkyl carbamates (subject to hydrolysis) is 1. The van der Waals surface area contributed by atoms with Crippen molar-refractivity contribution in [2.75, 3.05) is 6.54 Å². The van der Waals surface area contributed by atoms with Crippen LogP contribution in [0.1, 0.15) is 90.3 Å². The lowest BCUT2D eigenvalue weighted by molar-refractivity contribution is -0.142. The van der Waals surface area contributed by atoms with Crippen molar-refractivity contribution in [3.05, 3.63) is 48.0 Å². The molecule has 1 saturated carbocycles. The zero-order valence-corrected chi connectivity index (χ0v) is 22.9. The molecule has 0 heterocycles. The molecule has 1 aromatic rings. The van der Waals surface area contributed by atoms with E-state index in [1.807, 2.05) is 45.0 Å². The molecule has 2 rings (SSSR count). The van der Waals surface area contributed by atoms with Gasteiger partial charge in [0.05, 0.1) is 0 Å². The minimum absolute atomic E-state index is 0.102. The predicted octanol–water partition coefficient (Wildman–Crippen LogP) is 5.44. The molecule has 2 N–H and O–H groups in total. The Hall–Kier alpha value is -2.83. The standard InChI is InChI=1S/C29H45N3O4/c1-8-17-32(27(34)24(18-20(2)3)31-28(35)36-29(5,6)7)25(22-14-12-13-21(4)19-22)26(33)30-23-15-10-9-11-16-23/h8,12-14,19-20,23-25H,1,9-11,15-18H2,2-7H3,(H,30,33)(H,31,35). The van der Waals surface area contributed by atoms with Crippen molar-refractivity contribution in [2.45, 2.75) is 104 Å². The zero-order valence-electron chi connectivity index (χ0n) is 22.9. The molecule has 2 atom stereocenters. The number of amides is 3. The van der Waals surface area contributed by atoms with Crippen molar-refractivity contribution in [1.29, 1.82) is 0 Å². The zero-order chi connectivity index (χ0) is 26.9. The molecule has 0 saturated heterocycles. The fourth-order valence-electron chi connectivity index (χ4n) is 4.64. The number of aryl methyl sites for hydroxylation is 1. The van der Waals surface area contributed by atoms with Gasteiger partial charge in [-0.3, -0.25) is 9.59 Å². The summed E-state index contributed by atoms with van der Waals surface area (Å²) in [5.74, 6) is -0.407. The van der Waals surface area contributed by atoms with Crippen LogP contribution in [0.3, 0.4) is 0 Å². The first-order valence-electron chi connectivity index (χ1n) is 13.2. The van der Waals surface area contributed by atoms with Crippen molar-refractivity contribution in [1.82, 2.24) is 15.5 Å². The third-order valence-electron chi connectivity index (χ3n) is 6.17. The summed E-state index contributed by atoms with van der Waals surface area (Å²) >= 11 is 0. The summed E-state index contributed by atoms with van der Waals surface area (Å²) in [6.07, 6.45) is 6.62. The van der Waals surface area contributed by atoms with Crippen LogP contribution in [0, 0.1) is 12.8 Å². The van der Waals surface area contributed by atoms with Crippen LogP contribution in [-0.4, -0.2) is 47.0 Å². The third kappa shape index (κ3) is 9.32. The number of nitrogens with one attached hydrogen (secondary N) is 2. The third-order valence-corrected chi connectivity index (χ3v) is 6.17. The molecule has 200 valence electrons. The highest BCUT2D eigenvalue weighted by Gasteiger charge is 2.36. The maximum absolute atomic E-state index is 14.0. The van der Waals surface area contributed by atoms with E-state index >= 15 is 0 Å². The molecule has 1 aliphatic rings. The Balaban J connectivity index is 2.42. The number of carbonyl (C=O) groups excluding carboxylic acids is 3. The lowest BCUT2D eigenvalue weighted by Gasteiger charge is -2.35. The quantitative estimate of drug-likeness (QED) is 0.420.